The zero-order valence-corrected chi connectivity index (χ0v) is 52.2. The van der Waals surface area contributed by atoms with E-state index in [9.17, 15) is 14.7 Å². The van der Waals surface area contributed by atoms with E-state index < -0.39 is 4.30 Å². The molecule has 0 aliphatic heterocycles. The van der Waals surface area contributed by atoms with E-state index in [4.69, 9.17) is 39.5 Å². The molecule has 10 heteroatoms. The number of fused-ring (bicyclic) bond motifs is 10. The highest BCUT2D eigenvalue weighted by molar-refractivity contribution is 6.63. The number of Topliss-reactive ketones (excluding diaryl/α,β-unsaturated/α-hetero) is 1. The van der Waals surface area contributed by atoms with Crippen LogP contribution < -0.4 is 0 Å². The van der Waals surface area contributed by atoms with E-state index in [-0.39, 0.29) is 29.0 Å². The van der Waals surface area contributed by atoms with Crippen LogP contribution in [0.5, 0.6) is 0 Å². The lowest BCUT2D eigenvalue weighted by molar-refractivity contribution is -0.151. The van der Waals surface area contributed by atoms with Crippen molar-refractivity contribution in [1.82, 2.24) is 14.9 Å². The molecule has 4 saturated carbocycles. The average Bonchev–Trinajstić information content (AvgIpc) is 4.12. The molecule has 12 atom stereocenters. The zero-order valence-electron chi connectivity index (χ0n) is 49.9. The Kier molecular flexibility index (Phi) is 24.7. The van der Waals surface area contributed by atoms with Crippen molar-refractivity contribution in [2.24, 2.45) is 57.2 Å². The number of aliphatic hydroxyl groups is 1. The smallest absolute Gasteiger partial charge is 0.306 e. The number of carbonyl (C=O) groups is 2. The molecule has 434 valence electrons. The maximum Gasteiger partial charge on any atom is 0.306 e. The predicted molar refractivity (Wildman–Crippen MR) is 328 cm³/mol. The molecule has 2 aromatic heterocycles. The van der Waals surface area contributed by atoms with Crippen LogP contribution >= 0.6 is 34.8 Å². The van der Waals surface area contributed by atoms with Gasteiger partial charge in [0, 0.05) is 44.0 Å². The molecule has 8 aliphatic carbocycles. The summed E-state index contributed by atoms with van der Waals surface area (Å²) in [6, 6.07) is 8.62. The summed E-state index contributed by atoms with van der Waals surface area (Å²) in [5.41, 5.74) is 10.1. The van der Waals surface area contributed by atoms with Gasteiger partial charge in [0.2, 0.25) is 0 Å². The van der Waals surface area contributed by atoms with Crippen LogP contribution in [0.25, 0.3) is 11.1 Å². The molecular formula is C68H102Cl3N3O4. The second kappa shape index (κ2) is 30.0. The summed E-state index contributed by atoms with van der Waals surface area (Å²) in [6.07, 6.45) is 42.3. The molecule has 0 saturated heterocycles. The van der Waals surface area contributed by atoms with E-state index in [0.717, 1.165) is 93.3 Å². The van der Waals surface area contributed by atoms with Crippen molar-refractivity contribution in [1.29, 1.82) is 0 Å². The molecule has 2 heterocycles. The second-order valence-electron chi connectivity index (χ2n) is 25.4. The van der Waals surface area contributed by atoms with Crippen molar-refractivity contribution in [2.75, 3.05) is 19.6 Å². The monoisotopic (exact) mass is 1130 g/mol. The van der Waals surface area contributed by atoms with Crippen molar-refractivity contribution >= 4 is 57.7 Å². The Labute approximate surface area is 488 Å². The number of rotatable bonds is 14. The number of esters is 1. The van der Waals surface area contributed by atoms with Gasteiger partial charge in [-0.2, -0.15) is 0 Å². The third kappa shape index (κ3) is 15.4. The Morgan fingerprint density at radius 1 is 0.615 bits per heavy atom. The lowest BCUT2D eigenvalue weighted by Gasteiger charge is -2.57. The molecule has 0 aromatic carbocycles. The normalized spacial score (nSPS) is 32.9. The molecule has 78 heavy (non-hydrogen) atoms. The highest BCUT2D eigenvalue weighted by Crippen LogP contribution is 2.68. The van der Waals surface area contributed by atoms with Gasteiger partial charge in [0.25, 0.3) is 0 Å². The summed E-state index contributed by atoms with van der Waals surface area (Å²) >= 11 is 14.4. The van der Waals surface area contributed by atoms with E-state index in [0.29, 0.717) is 23.0 Å². The number of aromatic nitrogens is 2. The molecule has 0 spiro atoms. The van der Waals surface area contributed by atoms with Gasteiger partial charge in [-0.3, -0.25) is 14.8 Å². The number of alkyl halides is 3. The summed E-state index contributed by atoms with van der Waals surface area (Å²) < 4.78 is 5.17. The number of allylic oxidation sites excluding steroid dienone is 6. The highest BCUT2D eigenvalue weighted by Gasteiger charge is 2.58. The van der Waals surface area contributed by atoms with Crippen LogP contribution in [0.15, 0.2) is 84.5 Å². The summed E-state index contributed by atoms with van der Waals surface area (Å²) in [5.74, 6) is 4.94. The average molecular weight is 1130 g/mol. The molecule has 7 nitrogen and oxygen atoms in total. The van der Waals surface area contributed by atoms with E-state index in [2.05, 4.69) is 132 Å². The number of pyridine rings is 2. The topological polar surface area (TPSA) is 92.6 Å². The van der Waals surface area contributed by atoms with E-state index >= 15 is 0 Å². The van der Waals surface area contributed by atoms with Crippen LogP contribution in [-0.4, -0.2) is 67.9 Å². The summed E-state index contributed by atoms with van der Waals surface area (Å²) in [7, 11) is 0. The Hall–Kier alpha value is -2.81. The third-order valence-electron chi connectivity index (χ3n) is 21.0. The number of hydrogen-bond acceptors (Lipinski definition) is 7. The second-order valence-corrected chi connectivity index (χ2v) is 27.3. The number of carbonyl (C=O) groups excluding carboxylic acids is 2. The largest absolute Gasteiger partial charge is 0.462 e. The molecule has 0 bridgehead atoms. The van der Waals surface area contributed by atoms with E-state index in [1.165, 1.54) is 113 Å². The molecule has 4 fully saturated rings. The quantitative estimate of drug-likeness (QED) is 0.0872. The summed E-state index contributed by atoms with van der Waals surface area (Å²) in [4.78, 5) is 33.8. The minimum absolute atomic E-state index is 0.0136. The number of unbranched alkanes of at least 4 members (excludes halogenated alkanes) is 4. The summed E-state index contributed by atoms with van der Waals surface area (Å²) in [6.45, 7) is 26.2. The zero-order chi connectivity index (χ0) is 56.7. The SMILES string of the molecule is CCCCCC(=O)O[C@H]1CC[C@@]2(C)C(=CC[C@@H]3[C@@H]2CC[C@]2(C)C(c4cccnc4)=CC[C@@H]32)C1.CCCCCC(C)=O.CCN(CC)CC.C[C@]12CC[C@H](O)CC1=CC[C@@H]1[C@@H]2CC[C@]2(C)C(c3cccnc3)=CC[C@@H]12.ClC(Cl)Cl. The molecule has 0 radical (unpaired) electrons. The van der Waals surface area contributed by atoms with Crippen LogP contribution in [0.2, 0.25) is 0 Å². The Balaban J connectivity index is 0.000000193. The first kappa shape index (κ1) is 64.4. The van der Waals surface area contributed by atoms with Gasteiger partial charge in [-0.25, -0.2) is 0 Å². The van der Waals surface area contributed by atoms with E-state index in [1.807, 2.05) is 18.6 Å². The van der Waals surface area contributed by atoms with Crippen molar-refractivity contribution in [3.8, 4) is 0 Å². The first-order valence-corrected chi connectivity index (χ1v) is 32.3. The minimum Gasteiger partial charge on any atom is -0.462 e. The van der Waals surface area contributed by atoms with Crippen molar-refractivity contribution in [3.05, 3.63) is 95.6 Å². The van der Waals surface area contributed by atoms with Crippen molar-refractivity contribution < 1.29 is 19.4 Å². The van der Waals surface area contributed by atoms with Gasteiger partial charge in [-0.15, -0.1) is 0 Å². The van der Waals surface area contributed by atoms with Gasteiger partial charge in [0.05, 0.1) is 6.10 Å². The number of ether oxygens (including phenoxy) is 1. The first-order chi connectivity index (χ1) is 37.3. The fourth-order valence-corrected chi connectivity index (χ4v) is 16.5. The van der Waals surface area contributed by atoms with Crippen molar-refractivity contribution in [2.45, 2.75) is 227 Å². The summed E-state index contributed by atoms with van der Waals surface area (Å²) in [5, 5.41) is 10.2. The predicted octanol–water partition coefficient (Wildman–Crippen LogP) is 18.4. The number of ketones is 1. The molecule has 0 amide bonds. The number of aliphatic hydroxyl groups excluding tert-OH is 1. The number of hydrogen-bond donors (Lipinski definition) is 1. The van der Waals surface area contributed by atoms with Gasteiger partial charge >= 0.3 is 5.97 Å². The van der Waals surface area contributed by atoms with Crippen molar-refractivity contribution in [3.63, 3.8) is 0 Å². The van der Waals surface area contributed by atoms with Gasteiger partial charge in [0.15, 0.2) is 4.30 Å². The van der Waals surface area contributed by atoms with Gasteiger partial charge < -0.3 is 19.5 Å². The van der Waals surface area contributed by atoms with Gasteiger partial charge in [0.1, 0.15) is 11.9 Å². The lowest BCUT2D eigenvalue weighted by Crippen LogP contribution is -2.50. The molecular weight excluding hydrogens is 1030 g/mol. The Bertz CT molecular complexity index is 2320. The van der Waals surface area contributed by atoms with Crippen LogP contribution in [0, 0.1) is 57.2 Å². The van der Waals surface area contributed by atoms with Gasteiger partial charge in [-0.1, -0.05) is 170 Å². The standard InChI is InChI=1S/C30H41NO2.C24H31NO.C7H14O.C6H15N.CHCl3/c1-4-5-6-9-28(32)33-23-14-16-29(2)22(19-23)10-11-24-26-13-12-25(21-8-7-18-31-20-21)30(26,3)17-15-27(24)29;1-23-11-9-18(26)14-17(23)5-6-19-21-8-7-20(16-4-3-13-25-15-16)24(21,2)12-10-22(19)23;1-3-4-5-6-7(2)8;1-4-7(5-2)6-3;2-1(3)4/h7-8,10,12,18,20,23-24,26-27H,4-6,9,11,13-17,19H2,1-3H3;3-5,7,13,15,18-19,21-22,26H,6,8-12,14H2,1-2H3;3-6H2,1-2H3;4-6H2,1-3H3;1H/t23-,24-,26-,27-,29-,30+;18-,19-,21-,22-,23-,24+;;;/m00.../s1. The minimum atomic E-state index is -0.750. The first-order valence-electron chi connectivity index (χ1n) is 31.0. The fourth-order valence-electron chi connectivity index (χ4n) is 16.5. The fraction of sp³-hybridized carbons (Fsp3) is 0.706. The maximum atomic E-state index is 12.3. The molecule has 2 aromatic rings. The van der Waals surface area contributed by atoms with Crippen LogP contribution in [0.4, 0.5) is 0 Å². The maximum absolute atomic E-state index is 12.3. The van der Waals surface area contributed by atoms with E-state index in [1.54, 1.807) is 23.6 Å². The highest BCUT2D eigenvalue weighted by atomic mass is 35.6. The van der Waals surface area contributed by atoms with Crippen LogP contribution in [0.3, 0.4) is 0 Å². The third-order valence-corrected chi connectivity index (χ3v) is 21.0. The molecule has 0 unspecified atom stereocenters. The Morgan fingerprint density at radius 2 is 1.06 bits per heavy atom. The molecule has 1 N–H and O–H groups in total. The van der Waals surface area contributed by atoms with Crippen LogP contribution in [-0.2, 0) is 14.3 Å². The lowest BCUT2D eigenvalue weighted by atomic mass is 9.47. The molecule has 10 rings (SSSR count). The Morgan fingerprint density at radius 3 is 1.49 bits per heavy atom. The number of halogens is 3. The number of nitrogens with zero attached hydrogens (tertiary/aromatic N) is 3. The van der Waals surface area contributed by atoms with Gasteiger partial charge in [-0.05, 0) is 214 Å². The molecule has 8 aliphatic rings. The van der Waals surface area contributed by atoms with Crippen LogP contribution in [0.1, 0.15) is 222 Å².